The number of amides is 2. The highest BCUT2D eigenvalue weighted by Crippen LogP contribution is 2.13. The van der Waals surface area contributed by atoms with E-state index in [4.69, 9.17) is 0 Å². The Balaban J connectivity index is 1.62. The molecule has 1 aliphatic heterocycles. The van der Waals surface area contributed by atoms with Crippen molar-refractivity contribution in [3.8, 4) is 0 Å². The van der Waals surface area contributed by atoms with Crippen LogP contribution >= 0.6 is 0 Å². The lowest BCUT2D eigenvalue weighted by atomic mass is 10.2. The smallest absolute Gasteiger partial charge is 0.275 e. The van der Waals surface area contributed by atoms with Crippen LogP contribution in [-0.2, 0) is 4.79 Å². The van der Waals surface area contributed by atoms with Crippen molar-refractivity contribution >= 4 is 23.8 Å². The van der Waals surface area contributed by atoms with Gasteiger partial charge >= 0.3 is 0 Å². The fraction of sp³-hybridized carbons (Fsp3) is 0.294. The molecule has 1 N–H and O–H groups in total. The average Bonchev–Trinajstić information content (AvgIpc) is 2.64. The number of nitrogens with zero attached hydrogens (tertiary/aromatic N) is 4. The Bertz CT molecular complexity index is 707. The van der Waals surface area contributed by atoms with Crippen molar-refractivity contribution in [2.24, 2.45) is 0 Å². The lowest BCUT2D eigenvalue weighted by molar-refractivity contribution is -0.118. The average molecular weight is 325 g/mol. The molecule has 2 heterocycles. The summed E-state index contributed by atoms with van der Waals surface area (Å²) in [6, 6.07) is 7.57. The van der Waals surface area contributed by atoms with Crippen molar-refractivity contribution < 1.29 is 9.59 Å². The normalized spacial score (nSPS) is 14.4. The van der Waals surface area contributed by atoms with Crippen molar-refractivity contribution in [2.45, 2.75) is 6.92 Å². The molecule has 1 saturated heterocycles. The molecule has 2 amide bonds. The first-order valence-electron chi connectivity index (χ1n) is 7.80. The quantitative estimate of drug-likeness (QED) is 0.858. The molecule has 1 aliphatic rings. The highest BCUT2D eigenvalue weighted by Gasteiger charge is 2.17. The van der Waals surface area contributed by atoms with E-state index in [1.165, 1.54) is 6.20 Å². The Morgan fingerprint density at radius 2 is 1.79 bits per heavy atom. The Labute approximate surface area is 140 Å². The topological polar surface area (TPSA) is 78.4 Å². The molecular formula is C17H19N5O2. The summed E-state index contributed by atoms with van der Waals surface area (Å²) in [7, 11) is 0. The van der Waals surface area contributed by atoms with Gasteiger partial charge in [0.25, 0.3) is 5.91 Å². The van der Waals surface area contributed by atoms with Gasteiger partial charge in [-0.3, -0.25) is 9.59 Å². The minimum Gasteiger partial charge on any atom is -0.352 e. The number of benzene rings is 1. The number of aryl methyl sites for hydroxylation is 1. The maximum atomic E-state index is 12.2. The molecule has 2 aromatic rings. The molecule has 1 aromatic carbocycles. The zero-order chi connectivity index (χ0) is 16.9. The number of carbonyl (C=O) groups excluding carboxylic acids is 2. The van der Waals surface area contributed by atoms with Gasteiger partial charge in [-0.15, -0.1) is 0 Å². The fourth-order valence-electron chi connectivity index (χ4n) is 2.49. The predicted octanol–water partition coefficient (Wildman–Crippen LogP) is 1.32. The number of aromatic nitrogens is 2. The van der Waals surface area contributed by atoms with E-state index in [2.05, 4.69) is 20.2 Å². The van der Waals surface area contributed by atoms with Crippen molar-refractivity contribution in [2.75, 3.05) is 36.4 Å². The van der Waals surface area contributed by atoms with Crippen LogP contribution in [-0.4, -0.2) is 53.4 Å². The van der Waals surface area contributed by atoms with E-state index in [9.17, 15) is 9.59 Å². The van der Waals surface area contributed by atoms with Crippen LogP contribution in [0.5, 0.6) is 0 Å². The van der Waals surface area contributed by atoms with E-state index >= 15 is 0 Å². The van der Waals surface area contributed by atoms with E-state index in [-0.39, 0.29) is 11.6 Å². The van der Waals surface area contributed by atoms with Gasteiger partial charge in [0, 0.05) is 31.9 Å². The summed E-state index contributed by atoms with van der Waals surface area (Å²) in [6.45, 7) is 4.75. The molecule has 1 aromatic heterocycles. The van der Waals surface area contributed by atoms with Crippen LogP contribution in [0.3, 0.4) is 0 Å². The zero-order valence-electron chi connectivity index (χ0n) is 13.5. The third-order valence-corrected chi connectivity index (χ3v) is 3.97. The van der Waals surface area contributed by atoms with Crippen LogP contribution in [0.25, 0.3) is 0 Å². The number of hydrogen-bond acceptors (Lipinski definition) is 5. The van der Waals surface area contributed by atoms with Crippen molar-refractivity contribution in [3.63, 3.8) is 0 Å². The van der Waals surface area contributed by atoms with Crippen molar-refractivity contribution in [1.82, 2.24) is 14.9 Å². The number of carbonyl (C=O) groups is 2. The Morgan fingerprint density at radius 1 is 1.08 bits per heavy atom. The van der Waals surface area contributed by atoms with Crippen LogP contribution in [0.4, 0.5) is 11.5 Å². The number of hydrogen-bond donors (Lipinski definition) is 1. The van der Waals surface area contributed by atoms with Crippen LogP contribution in [0.2, 0.25) is 0 Å². The monoisotopic (exact) mass is 325 g/mol. The molecule has 0 spiro atoms. The molecule has 7 heteroatoms. The third kappa shape index (κ3) is 3.68. The fourth-order valence-corrected chi connectivity index (χ4v) is 2.49. The highest BCUT2D eigenvalue weighted by atomic mass is 16.2. The maximum absolute atomic E-state index is 12.2. The minimum atomic E-state index is -0.288. The number of anilines is 2. The van der Waals surface area contributed by atoms with Gasteiger partial charge in [-0.25, -0.2) is 9.97 Å². The standard InChI is InChI=1S/C17H19N5O2/c1-13-2-4-14(5-3-13)20-17(24)15-10-19-16(11-18-15)22-8-6-21(12-23)7-9-22/h2-5,10-12H,6-9H2,1H3,(H,20,24). The molecule has 0 aliphatic carbocycles. The molecule has 0 atom stereocenters. The summed E-state index contributed by atoms with van der Waals surface area (Å²) in [5.74, 6) is 0.427. The molecule has 0 radical (unpaired) electrons. The van der Waals surface area contributed by atoms with E-state index in [0.29, 0.717) is 32.0 Å². The molecule has 1 fully saturated rings. The minimum absolute atomic E-state index is 0.269. The summed E-state index contributed by atoms with van der Waals surface area (Å²) >= 11 is 0. The molecule has 3 rings (SSSR count). The molecule has 7 nitrogen and oxygen atoms in total. The first-order chi connectivity index (χ1) is 11.7. The van der Waals surface area contributed by atoms with Gasteiger partial charge in [-0.05, 0) is 19.1 Å². The second kappa shape index (κ2) is 7.08. The molecule has 124 valence electrons. The summed E-state index contributed by atoms with van der Waals surface area (Å²) in [4.78, 5) is 35.2. The molecule has 24 heavy (non-hydrogen) atoms. The summed E-state index contributed by atoms with van der Waals surface area (Å²) in [6.07, 6.45) is 3.94. The number of nitrogens with one attached hydrogen (secondary N) is 1. The highest BCUT2D eigenvalue weighted by molar-refractivity contribution is 6.02. The molecular weight excluding hydrogens is 306 g/mol. The Hall–Kier alpha value is -2.96. The SMILES string of the molecule is Cc1ccc(NC(=O)c2cnc(N3CCN(C=O)CC3)cn2)cc1. The van der Waals surface area contributed by atoms with E-state index < -0.39 is 0 Å². The largest absolute Gasteiger partial charge is 0.352 e. The second-order valence-electron chi connectivity index (χ2n) is 5.71. The Kier molecular flexibility index (Phi) is 4.69. The number of rotatable bonds is 4. The van der Waals surface area contributed by atoms with Gasteiger partial charge in [0.05, 0.1) is 12.4 Å². The third-order valence-electron chi connectivity index (χ3n) is 3.97. The molecule has 0 bridgehead atoms. The van der Waals surface area contributed by atoms with Crippen molar-refractivity contribution in [3.05, 3.63) is 47.9 Å². The van der Waals surface area contributed by atoms with E-state index in [1.807, 2.05) is 31.2 Å². The lowest BCUT2D eigenvalue weighted by Crippen LogP contribution is -2.46. The van der Waals surface area contributed by atoms with Crippen LogP contribution < -0.4 is 10.2 Å². The van der Waals surface area contributed by atoms with Gasteiger partial charge in [-0.1, -0.05) is 17.7 Å². The van der Waals surface area contributed by atoms with Gasteiger partial charge in [0.1, 0.15) is 11.5 Å². The van der Waals surface area contributed by atoms with Crippen LogP contribution in [0.1, 0.15) is 16.1 Å². The van der Waals surface area contributed by atoms with Gasteiger partial charge in [0.2, 0.25) is 6.41 Å². The summed E-state index contributed by atoms with van der Waals surface area (Å²) < 4.78 is 0. The van der Waals surface area contributed by atoms with Crippen LogP contribution in [0, 0.1) is 6.92 Å². The summed E-state index contributed by atoms with van der Waals surface area (Å²) in [5.41, 5.74) is 2.12. The molecule has 0 unspecified atom stereocenters. The van der Waals surface area contributed by atoms with Gasteiger partial charge in [-0.2, -0.15) is 0 Å². The Morgan fingerprint density at radius 3 is 2.38 bits per heavy atom. The number of piperazine rings is 1. The second-order valence-corrected chi connectivity index (χ2v) is 5.71. The molecule has 0 saturated carbocycles. The zero-order valence-corrected chi connectivity index (χ0v) is 13.5. The first-order valence-corrected chi connectivity index (χ1v) is 7.80. The maximum Gasteiger partial charge on any atom is 0.275 e. The van der Waals surface area contributed by atoms with E-state index in [1.54, 1.807) is 11.1 Å². The lowest BCUT2D eigenvalue weighted by Gasteiger charge is -2.33. The van der Waals surface area contributed by atoms with E-state index in [0.717, 1.165) is 17.7 Å². The predicted molar refractivity (Wildman–Crippen MR) is 91.0 cm³/mol. The van der Waals surface area contributed by atoms with Gasteiger partial charge < -0.3 is 15.1 Å². The van der Waals surface area contributed by atoms with Crippen LogP contribution in [0.15, 0.2) is 36.7 Å². The first kappa shape index (κ1) is 15.9. The van der Waals surface area contributed by atoms with Crippen molar-refractivity contribution in [1.29, 1.82) is 0 Å². The summed E-state index contributed by atoms with van der Waals surface area (Å²) in [5, 5.41) is 2.80. The van der Waals surface area contributed by atoms with Gasteiger partial charge in [0.15, 0.2) is 0 Å².